The summed E-state index contributed by atoms with van der Waals surface area (Å²) in [5, 5.41) is 12.6. The highest BCUT2D eigenvalue weighted by molar-refractivity contribution is 5.83. The molecule has 1 aliphatic carbocycles. The second-order valence-electron chi connectivity index (χ2n) is 5.39. The molecular formula is C16H23NO2. The van der Waals surface area contributed by atoms with Crippen LogP contribution in [0.15, 0.2) is 30.3 Å². The van der Waals surface area contributed by atoms with E-state index in [2.05, 4.69) is 5.32 Å². The normalized spacial score (nSPS) is 24.7. The summed E-state index contributed by atoms with van der Waals surface area (Å²) in [7, 11) is 0. The van der Waals surface area contributed by atoms with Crippen LogP contribution < -0.4 is 5.32 Å². The number of rotatable bonds is 4. The van der Waals surface area contributed by atoms with Crippen molar-refractivity contribution in [3.8, 4) is 0 Å². The molecule has 19 heavy (non-hydrogen) atoms. The van der Waals surface area contributed by atoms with E-state index in [1.165, 1.54) is 0 Å². The van der Waals surface area contributed by atoms with Crippen LogP contribution in [0.3, 0.4) is 0 Å². The monoisotopic (exact) mass is 261 g/mol. The molecule has 2 N–H and O–H groups in total. The predicted octanol–water partition coefficient (Wildman–Crippen LogP) is 2.60. The van der Waals surface area contributed by atoms with Gasteiger partial charge in [0.1, 0.15) is 0 Å². The molecule has 3 heteroatoms. The average Bonchev–Trinajstić information content (AvgIpc) is 2.43. The van der Waals surface area contributed by atoms with Crippen molar-refractivity contribution in [2.75, 3.05) is 0 Å². The molecule has 2 rings (SSSR count). The smallest absolute Gasteiger partial charge is 0.227 e. The molecule has 0 radical (unpaired) electrons. The molecule has 1 aliphatic rings. The molecule has 1 saturated carbocycles. The number of hydrogen-bond acceptors (Lipinski definition) is 2. The van der Waals surface area contributed by atoms with Crippen molar-refractivity contribution in [1.82, 2.24) is 5.32 Å². The van der Waals surface area contributed by atoms with Crippen LogP contribution in [-0.2, 0) is 4.79 Å². The first kappa shape index (κ1) is 14.1. The van der Waals surface area contributed by atoms with Gasteiger partial charge in [0.15, 0.2) is 0 Å². The zero-order valence-electron chi connectivity index (χ0n) is 11.5. The third-order valence-electron chi connectivity index (χ3n) is 3.97. The lowest BCUT2D eigenvalue weighted by atomic mass is 9.91. The molecule has 1 atom stereocenters. The highest BCUT2D eigenvalue weighted by atomic mass is 16.3. The highest BCUT2D eigenvalue weighted by Gasteiger charge is 2.24. The lowest BCUT2D eigenvalue weighted by Gasteiger charge is -2.27. The summed E-state index contributed by atoms with van der Waals surface area (Å²) >= 11 is 0. The molecule has 1 amide bonds. The lowest BCUT2D eigenvalue weighted by molar-refractivity contribution is -0.123. The zero-order valence-corrected chi connectivity index (χ0v) is 11.5. The molecule has 1 aromatic carbocycles. The Morgan fingerprint density at radius 2 is 1.89 bits per heavy atom. The van der Waals surface area contributed by atoms with Gasteiger partial charge in [0.05, 0.1) is 12.0 Å². The van der Waals surface area contributed by atoms with Gasteiger partial charge in [-0.25, -0.2) is 0 Å². The Balaban J connectivity index is 1.94. The molecule has 0 bridgehead atoms. The summed E-state index contributed by atoms with van der Waals surface area (Å²) in [5.41, 5.74) is 1.08. The molecule has 0 heterocycles. The van der Waals surface area contributed by atoms with E-state index in [4.69, 9.17) is 0 Å². The number of carbonyl (C=O) groups excluding carboxylic acids is 1. The van der Waals surface area contributed by atoms with Crippen LogP contribution in [0.25, 0.3) is 0 Å². The van der Waals surface area contributed by atoms with Crippen LogP contribution in [0.5, 0.6) is 0 Å². The Kier molecular flexibility index (Phi) is 4.97. The second kappa shape index (κ2) is 6.71. The minimum Gasteiger partial charge on any atom is -0.393 e. The Labute approximate surface area is 115 Å². The number of carbonyl (C=O) groups is 1. The first-order valence-electron chi connectivity index (χ1n) is 7.24. The Morgan fingerprint density at radius 1 is 1.26 bits per heavy atom. The van der Waals surface area contributed by atoms with Crippen molar-refractivity contribution in [2.24, 2.45) is 0 Å². The van der Waals surface area contributed by atoms with Gasteiger partial charge in [0, 0.05) is 6.04 Å². The minimum absolute atomic E-state index is 0.0620. The summed E-state index contributed by atoms with van der Waals surface area (Å²) in [4.78, 5) is 12.4. The van der Waals surface area contributed by atoms with E-state index in [-0.39, 0.29) is 24.0 Å². The first-order valence-corrected chi connectivity index (χ1v) is 7.24. The molecular weight excluding hydrogens is 238 g/mol. The fraction of sp³-hybridized carbons (Fsp3) is 0.562. The number of nitrogens with one attached hydrogen (secondary N) is 1. The number of hydrogen-bond donors (Lipinski definition) is 2. The maximum absolute atomic E-state index is 12.4. The maximum Gasteiger partial charge on any atom is 0.227 e. The maximum atomic E-state index is 12.4. The summed E-state index contributed by atoms with van der Waals surface area (Å²) in [5.74, 6) is 0.0585. The number of benzene rings is 1. The van der Waals surface area contributed by atoms with Crippen LogP contribution in [0.2, 0.25) is 0 Å². The molecule has 0 aromatic heterocycles. The van der Waals surface area contributed by atoms with Crippen molar-refractivity contribution in [3.63, 3.8) is 0 Å². The molecule has 1 unspecified atom stereocenters. The highest BCUT2D eigenvalue weighted by Crippen LogP contribution is 2.22. The van der Waals surface area contributed by atoms with E-state index in [0.29, 0.717) is 0 Å². The first-order chi connectivity index (χ1) is 9.20. The fourth-order valence-corrected chi connectivity index (χ4v) is 2.78. The number of aliphatic hydroxyl groups is 1. The second-order valence-corrected chi connectivity index (χ2v) is 5.39. The Bertz CT molecular complexity index is 396. The van der Waals surface area contributed by atoms with E-state index >= 15 is 0 Å². The minimum atomic E-state index is -0.177. The Morgan fingerprint density at radius 3 is 2.47 bits per heavy atom. The van der Waals surface area contributed by atoms with E-state index in [0.717, 1.165) is 37.7 Å². The number of aliphatic hydroxyl groups excluding tert-OH is 1. The van der Waals surface area contributed by atoms with Crippen molar-refractivity contribution in [3.05, 3.63) is 35.9 Å². The molecule has 1 aromatic rings. The topological polar surface area (TPSA) is 49.3 Å². The predicted molar refractivity (Wildman–Crippen MR) is 75.9 cm³/mol. The number of amides is 1. The zero-order chi connectivity index (χ0) is 13.7. The van der Waals surface area contributed by atoms with Crippen molar-refractivity contribution in [2.45, 2.75) is 57.1 Å². The molecule has 0 aliphatic heterocycles. The van der Waals surface area contributed by atoms with Crippen LogP contribution in [-0.4, -0.2) is 23.2 Å². The average molecular weight is 261 g/mol. The molecule has 0 saturated heterocycles. The fourth-order valence-electron chi connectivity index (χ4n) is 2.78. The molecule has 0 spiro atoms. The molecule has 104 valence electrons. The van der Waals surface area contributed by atoms with E-state index < -0.39 is 0 Å². The Hall–Kier alpha value is -1.35. The lowest BCUT2D eigenvalue weighted by Crippen LogP contribution is -2.40. The van der Waals surface area contributed by atoms with Crippen molar-refractivity contribution < 1.29 is 9.90 Å². The SMILES string of the molecule is CCC(C(=O)NC1CCC(O)CC1)c1ccccc1. The van der Waals surface area contributed by atoms with Gasteiger partial charge < -0.3 is 10.4 Å². The standard InChI is InChI=1S/C16H23NO2/c1-2-15(12-6-4-3-5-7-12)16(19)17-13-8-10-14(18)11-9-13/h3-7,13-15,18H,2,8-11H2,1H3,(H,17,19). The summed E-state index contributed by atoms with van der Waals surface area (Å²) in [6.07, 6.45) is 4.01. The van der Waals surface area contributed by atoms with Gasteiger partial charge in [-0.05, 0) is 37.7 Å². The largest absolute Gasteiger partial charge is 0.393 e. The van der Waals surface area contributed by atoms with Gasteiger partial charge in [0.25, 0.3) is 0 Å². The third-order valence-corrected chi connectivity index (χ3v) is 3.97. The summed E-state index contributed by atoms with van der Waals surface area (Å²) < 4.78 is 0. The summed E-state index contributed by atoms with van der Waals surface area (Å²) in [6.45, 7) is 2.04. The van der Waals surface area contributed by atoms with E-state index in [9.17, 15) is 9.90 Å². The van der Waals surface area contributed by atoms with E-state index in [1.54, 1.807) is 0 Å². The molecule has 3 nitrogen and oxygen atoms in total. The summed E-state index contributed by atoms with van der Waals surface area (Å²) in [6, 6.07) is 10.2. The van der Waals surface area contributed by atoms with Gasteiger partial charge in [0.2, 0.25) is 5.91 Å². The van der Waals surface area contributed by atoms with Crippen LogP contribution >= 0.6 is 0 Å². The van der Waals surface area contributed by atoms with Crippen LogP contribution in [0, 0.1) is 0 Å². The molecule has 1 fully saturated rings. The van der Waals surface area contributed by atoms with E-state index in [1.807, 2.05) is 37.3 Å². The van der Waals surface area contributed by atoms with Gasteiger partial charge >= 0.3 is 0 Å². The van der Waals surface area contributed by atoms with Crippen molar-refractivity contribution in [1.29, 1.82) is 0 Å². The van der Waals surface area contributed by atoms with Gasteiger partial charge in [-0.1, -0.05) is 37.3 Å². The van der Waals surface area contributed by atoms with Gasteiger partial charge in [-0.15, -0.1) is 0 Å². The third kappa shape index (κ3) is 3.80. The van der Waals surface area contributed by atoms with Gasteiger partial charge in [-0.2, -0.15) is 0 Å². The van der Waals surface area contributed by atoms with Gasteiger partial charge in [-0.3, -0.25) is 4.79 Å². The van der Waals surface area contributed by atoms with Crippen molar-refractivity contribution >= 4 is 5.91 Å². The van der Waals surface area contributed by atoms with Crippen LogP contribution in [0.4, 0.5) is 0 Å². The quantitative estimate of drug-likeness (QED) is 0.875. The van der Waals surface area contributed by atoms with Crippen LogP contribution in [0.1, 0.15) is 50.5 Å².